The summed E-state index contributed by atoms with van der Waals surface area (Å²) in [7, 11) is 0. The van der Waals surface area contributed by atoms with Crippen molar-refractivity contribution in [3.63, 3.8) is 0 Å². The van der Waals surface area contributed by atoms with Crippen molar-refractivity contribution >= 4 is 40.5 Å². The molecule has 1 fully saturated rings. The molecule has 1 aliphatic carbocycles. The minimum absolute atomic E-state index is 0.175. The van der Waals surface area contributed by atoms with Gasteiger partial charge in [0.15, 0.2) is 5.82 Å². The zero-order valence-electron chi connectivity index (χ0n) is 15.7. The van der Waals surface area contributed by atoms with Crippen LogP contribution in [0.2, 0.25) is 0 Å². The summed E-state index contributed by atoms with van der Waals surface area (Å²) in [4.78, 5) is 31.1. The van der Waals surface area contributed by atoms with E-state index in [-0.39, 0.29) is 11.9 Å². The molecule has 0 spiro atoms. The van der Waals surface area contributed by atoms with Crippen molar-refractivity contribution in [1.82, 2.24) is 20.3 Å². The standard InChI is InChI=1S/C21H19N5OS2/c27-19(24-14-9-5-2-6-10-14)15-11-22-20-18(25-15)26-16(13-7-3-1-4-8-13)17-21(29-20)28-12-23-17/h1,3-4,7-8,11-12,14H,2,5-6,9-10H2,(H,24,27). The highest BCUT2D eigenvalue weighted by molar-refractivity contribution is 8.01. The summed E-state index contributed by atoms with van der Waals surface area (Å²) in [5.74, 6) is 0.293. The molecular weight excluding hydrogens is 402 g/mol. The number of benzene rings is 1. The van der Waals surface area contributed by atoms with Gasteiger partial charge in [-0.3, -0.25) is 4.79 Å². The second-order valence-corrected chi connectivity index (χ2v) is 9.22. The van der Waals surface area contributed by atoms with Crippen LogP contribution in [0.3, 0.4) is 0 Å². The summed E-state index contributed by atoms with van der Waals surface area (Å²) in [5, 5.41) is 3.80. The number of carbonyl (C=O) groups excluding carboxylic acids is 1. The quantitative estimate of drug-likeness (QED) is 0.522. The lowest BCUT2D eigenvalue weighted by molar-refractivity contribution is 0.0922. The lowest BCUT2D eigenvalue weighted by Gasteiger charge is -2.22. The van der Waals surface area contributed by atoms with E-state index in [0.29, 0.717) is 16.5 Å². The molecule has 146 valence electrons. The number of rotatable bonds is 3. The van der Waals surface area contributed by atoms with Gasteiger partial charge in [0.1, 0.15) is 22.1 Å². The molecule has 1 N–H and O–H groups in total. The van der Waals surface area contributed by atoms with Crippen LogP contribution in [-0.2, 0) is 0 Å². The summed E-state index contributed by atoms with van der Waals surface area (Å²) in [6.07, 6.45) is 7.19. The summed E-state index contributed by atoms with van der Waals surface area (Å²) in [5.41, 5.74) is 4.68. The smallest absolute Gasteiger partial charge is 0.271 e. The van der Waals surface area contributed by atoms with Gasteiger partial charge in [-0.15, -0.1) is 11.3 Å². The summed E-state index contributed by atoms with van der Waals surface area (Å²) in [6.45, 7) is 0. The average molecular weight is 422 g/mol. The van der Waals surface area contributed by atoms with Crippen molar-refractivity contribution in [2.75, 3.05) is 0 Å². The molecule has 0 atom stereocenters. The van der Waals surface area contributed by atoms with Gasteiger partial charge in [0, 0.05) is 11.6 Å². The molecule has 0 bridgehead atoms. The molecular formula is C21H19N5OS2. The van der Waals surface area contributed by atoms with Crippen LogP contribution in [0, 0.1) is 0 Å². The summed E-state index contributed by atoms with van der Waals surface area (Å²) >= 11 is 3.06. The van der Waals surface area contributed by atoms with Gasteiger partial charge >= 0.3 is 0 Å². The Kier molecular flexibility index (Phi) is 5.12. The largest absolute Gasteiger partial charge is 0.348 e. The Labute approximate surface area is 176 Å². The molecule has 1 aliphatic heterocycles. The molecule has 8 heteroatoms. The van der Waals surface area contributed by atoms with Crippen LogP contribution in [0.5, 0.6) is 0 Å². The van der Waals surface area contributed by atoms with Gasteiger partial charge in [-0.05, 0) is 12.8 Å². The number of nitrogens with one attached hydrogen (secondary N) is 1. The molecule has 3 heterocycles. The SMILES string of the molecule is O=C(NC1CCCCC1)c1cnc2c(n1)N=C(c1ccccc1)c1ncsc1S2. The minimum atomic E-state index is -0.175. The number of aliphatic imine (C=N–C) groups is 1. The van der Waals surface area contributed by atoms with Gasteiger partial charge < -0.3 is 5.32 Å². The van der Waals surface area contributed by atoms with E-state index < -0.39 is 0 Å². The predicted octanol–water partition coefficient (Wildman–Crippen LogP) is 4.63. The Morgan fingerprint density at radius 2 is 1.90 bits per heavy atom. The lowest BCUT2D eigenvalue weighted by atomic mass is 9.95. The maximum atomic E-state index is 12.7. The van der Waals surface area contributed by atoms with Crippen molar-refractivity contribution in [3.05, 3.63) is 59.0 Å². The molecule has 5 rings (SSSR count). The Morgan fingerprint density at radius 3 is 2.72 bits per heavy atom. The van der Waals surface area contributed by atoms with Crippen LogP contribution in [0.15, 0.2) is 56.3 Å². The molecule has 1 aromatic carbocycles. The first-order valence-electron chi connectivity index (χ1n) is 9.71. The highest BCUT2D eigenvalue weighted by Crippen LogP contribution is 2.40. The van der Waals surface area contributed by atoms with E-state index in [1.807, 2.05) is 35.8 Å². The molecule has 6 nitrogen and oxygen atoms in total. The first-order valence-corrected chi connectivity index (χ1v) is 11.4. The van der Waals surface area contributed by atoms with Gasteiger partial charge in [-0.2, -0.15) is 0 Å². The number of hydrogen-bond acceptors (Lipinski definition) is 7. The van der Waals surface area contributed by atoms with Crippen LogP contribution >= 0.6 is 23.1 Å². The second-order valence-electron chi connectivity index (χ2n) is 7.11. The summed E-state index contributed by atoms with van der Waals surface area (Å²) < 4.78 is 1.03. The number of hydrogen-bond donors (Lipinski definition) is 1. The Hall–Kier alpha value is -2.58. The first-order chi connectivity index (χ1) is 14.3. The van der Waals surface area contributed by atoms with E-state index in [2.05, 4.69) is 20.3 Å². The molecule has 0 unspecified atom stereocenters. The number of nitrogens with zero attached hydrogens (tertiary/aromatic N) is 4. The summed E-state index contributed by atoms with van der Waals surface area (Å²) in [6, 6.07) is 10.2. The van der Waals surface area contributed by atoms with Crippen LogP contribution in [0.25, 0.3) is 0 Å². The van der Waals surface area contributed by atoms with E-state index >= 15 is 0 Å². The molecule has 1 saturated carbocycles. The Balaban J connectivity index is 1.51. The topological polar surface area (TPSA) is 80.1 Å². The first kappa shape index (κ1) is 18.4. The third-order valence-electron chi connectivity index (χ3n) is 5.11. The number of fused-ring (bicyclic) bond motifs is 2. The molecule has 2 aromatic heterocycles. The van der Waals surface area contributed by atoms with Crippen molar-refractivity contribution in [3.8, 4) is 0 Å². The van der Waals surface area contributed by atoms with Crippen LogP contribution < -0.4 is 5.32 Å². The van der Waals surface area contributed by atoms with E-state index in [1.165, 1.54) is 18.2 Å². The molecule has 0 saturated heterocycles. The number of amides is 1. The van der Waals surface area contributed by atoms with Gasteiger partial charge in [0.2, 0.25) is 0 Å². The zero-order valence-corrected chi connectivity index (χ0v) is 17.3. The molecule has 3 aromatic rings. The Bertz CT molecular complexity index is 1070. The number of carbonyl (C=O) groups is 1. The van der Waals surface area contributed by atoms with Crippen molar-refractivity contribution in [1.29, 1.82) is 0 Å². The van der Waals surface area contributed by atoms with Gasteiger partial charge in [0.25, 0.3) is 5.91 Å². The monoisotopic (exact) mass is 421 g/mol. The maximum Gasteiger partial charge on any atom is 0.271 e. The van der Waals surface area contributed by atoms with E-state index in [4.69, 9.17) is 4.99 Å². The minimum Gasteiger partial charge on any atom is -0.348 e. The van der Waals surface area contributed by atoms with Crippen molar-refractivity contribution < 1.29 is 4.79 Å². The van der Waals surface area contributed by atoms with Gasteiger partial charge in [-0.25, -0.2) is 19.9 Å². The highest BCUT2D eigenvalue weighted by Gasteiger charge is 2.25. The average Bonchev–Trinajstić information content (AvgIpc) is 3.16. The molecule has 29 heavy (non-hydrogen) atoms. The van der Waals surface area contributed by atoms with Crippen LogP contribution in [-0.4, -0.2) is 32.6 Å². The number of aromatic nitrogens is 3. The Morgan fingerprint density at radius 1 is 1.07 bits per heavy atom. The van der Waals surface area contributed by atoms with Crippen molar-refractivity contribution in [2.45, 2.75) is 47.4 Å². The normalized spacial score (nSPS) is 16.3. The van der Waals surface area contributed by atoms with Crippen molar-refractivity contribution in [2.24, 2.45) is 4.99 Å². The number of thiazole rings is 1. The second kappa shape index (κ2) is 8.04. The van der Waals surface area contributed by atoms with Gasteiger partial charge in [0.05, 0.1) is 15.9 Å². The molecule has 2 aliphatic rings. The van der Waals surface area contributed by atoms with Crippen LogP contribution in [0.1, 0.15) is 53.8 Å². The highest BCUT2D eigenvalue weighted by atomic mass is 32.2. The fourth-order valence-corrected chi connectivity index (χ4v) is 5.42. The third-order valence-corrected chi connectivity index (χ3v) is 7.13. The maximum absolute atomic E-state index is 12.7. The van der Waals surface area contributed by atoms with Crippen LogP contribution in [0.4, 0.5) is 5.82 Å². The third kappa shape index (κ3) is 3.82. The molecule has 0 radical (unpaired) electrons. The fourth-order valence-electron chi connectivity index (χ4n) is 3.64. The van der Waals surface area contributed by atoms with E-state index in [1.54, 1.807) is 17.5 Å². The predicted molar refractivity (Wildman–Crippen MR) is 114 cm³/mol. The molecule has 1 amide bonds. The lowest BCUT2D eigenvalue weighted by Crippen LogP contribution is -2.36. The van der Waals surface area contributed by atoms with E-state index in [9.17, 15) is 4.79 Å². The zero-order chi connectivity index (χ0) is 19.6. The fraction of sp³-hybridized carbons (Fsp3) is 0.286. The van der Waals surface area contributed by atoms with E-state index in [0.717, 1.165) is 46.9 Å². The van der Waals surface area contributed by atoms with Gasteiger partial charge in [-0.1, -0.05) is 61.4 Å².